The first kappa shape index (κ1) is 19.3. The summed E-state index contributed by atoms with van der Waals surface area (Å²) in [6.45, 7) is 9.08. The third-order valence-corrected chi connectivity index (χ3v) is 3.98. The average Bonchev–Trinajstić information content (AvgIpc) is 2.51. The largest absolute Gasteiger partial charge is 0.493 e. The van der Waals surface area contributed by atoms with Crippen LogP contribution in [0.1, 0.15) is 73.9 Å². The molecule has 1 N–H and O–H groups in total. The molecule has 4 nitrogen and oxygen atoms in total. The molecule has 0 spiro atoms. The van der Waals surface area contributed by atoms with Crippen LogP contribution in [0.25, 0.3) is 0 Å². The number of carbonyl (C=O) groups is 1. The lowest BCUT2D eigenvalue weighted by Gasteiger charge is -2.17. The maximum absolute atomic E-state index is 11.6. The zero-order valence-electron chi connectivity index (χ0n) is 14.9. The summed E-state index contributed by atoms with van der Waals surface area (Å²) in [6, 6.07) is 1.84. The molecule has 1 rings (SSSR count). The summed E-state index contributed by atoms with van der Waals surface area (Å²) < 4.78 is 11.6. The summed E-state index contributed by atoms with van der Waals surface area (Å²) >= 11 is 0. The van der Waals surface area contributed by atoms with Crippen LogP contribution in [0, 0.1) is 13.8 Å². The molecule has 0 saturated heterocycles. The fraction of sp³-hybridized carbons (Fsp3) is 0.632. The highest BCUT2D eigenvalue weighted by molar-refractivity contribution is 5.92. The molecule has 0 aromatic heterocycles. The van der Waals surface area contributed by atoms with Crippen LogP contribution in [0.5, 0.6) is 11.5 Å². The van der Waals surface area contributed by atoms with Crippen molar-refractivity contribution in [2.75, 3.05) is 13.2 Å². The SMILES string of the molecule is CCCCCOc1cc(OCCCCC)c(C)c(C(=O)O)c1C. The van der Waals surface area contributed by atoms with E-state index in [1.165, 1.54) is 0 Å². The number of hydrogen-bond acceptors (Lipinski definition) is 3. The molecule has 0 amide bonds. The summed E-state index contributed by atoms with van der Waals surface area (Å²) in [5.74, 6) is 0.307. The molecular formula is C19H30O4. The second-order valence-electron chi connectivity index (χ2n) is 5.91. The van der Waals surface area contributed by atoms with Crippen LogP contribution in [0.4, 0.5) is 0 Å². The fourth-order valence-electron chi connectivity index (χ4n) is 2.55. The highest BCUT2D eigenvalue weighted by Gasteiger charge is 2.19. The first-order valence-electron chi connectivity index (χ1n) is 8.65. The zero-order valence-corrected chi connectivity index (χ0v) is 14.9. The summed E-state index contributed by atoms with van der Waals surface area (Å²) in [5, 5.41) is 9.50. The Bertz CT molecular complexity index is 472. The Morgan fingerprint density at radius 2 is 1.35 bits per heavy atom. The van der Waals surface area contributed by atoms with Gasteiger partial charge in [0.25, 0.3) is 0 Å². The van der Waals surface area contributed by atoms with Gasteiger partial charge in [-0.2, -0.15) is 0 Å². The van der Waals surface area contributed by atoms with Crippen molar-refractivity contribution in [1.29, 1.82) is 0 Å². The Balaban J connectivity index is 2.95. The highest BCUT2D eigenvalue weighted by Crippen LogP contribution is 2.33. The Hall–Kier alpha value is -1.71. The Labute approximate surface area is 139 Å². The summed E-state index contributed by atoms with van der Waals surface area (Å²) in [6.07, 6.45) is 6.41. The first-order chi connectivity index (χ1) is 11.0. The lowest BCUT2D eigenvalue weighted by molar-refractivity contribution is 0.0694. The molecule has 0 aliphatic carbocycles. The van der Waals surface area contributed by atoms with E-state index in [0.717, 1.165) is 38.5 Å². The quantitative estimate of drug-likeness (QED) is 0.573. The first-order valence-corrected chi connectivity index (χ1v) is 8.65. The molecule has 0 fully saturated rings. The van der Waals surface area contributed by atoms with E-state index >= 15 is 0 Å². The van der Waals surface area contributed by atoms with Crippen molar-refractivity contribution in [3.8, 4) is 11.5 Å². The van der Waals surface area contributed by atoms with Crippen LogP contribution in [-0.4, -0.2) is 24.3 Å². The van der Waals surface area contributed by atoms with E-state index in [-0.39, 0.29) is 0 Å². The van der Waals surface area contributed by atoms with E-state index in [2.05, 4.69) is 13.8 Å². The number of ether oxygens (including phenoxy) is 2. The van der Waals surface area contributed by atoms with Gasteiger partial charge in [-0.05, 0) is 26.7 Å². The molecular weight excluding hydrogens is 292 g/mol. The van der Waals surface area contributed by atoms with Crippen molar-refractivity contribution in [3.63, 3.8) is 0 Å². The fourth-order valence-corrected chi connectivity index (χ4v) is 2.55. The monoisotopic (exact) mass is 322 g/mol. The van der Waals surface area contributed by atoms with Crippen molar-refractivity contribution in [1.82, 2.24) is 0 Å². The van der Waals surface area contributed by atoms with E-state index in [0.29, 0.717) is 41.4 Å². The molecule has 130 valence electrons. The number of unbranched alkanes of at least 4 members (excludes halogenated alkanes) is 4. The molecule has 4 heteroatoms. The predicted octanol–water partition coefficient (Wildman–Crippen LogP) is 5.14. The molecule has 0 aliphatic rings. The summed E-state index contributed by atoms with van der Waals surface area (Å²) in [7, 11) is 0. The molecule has 0 atom stereocenters. The van der Waals surface area contributed by atoms with Crippen LogP contribution >= 0.6 is 0 Å². The van der Waals surface area contributed by atoms with Gasteiger partial charge in [0.2, 0.25) is 0 Å². The average molecular weight is 322 g/mol. The standard InChI is InChI=1S/C19H30O4/c1-5-7-9-11-22-16-13-17(23-12-10-8-6-2)15(4)18(14(16)3)19(20)21/h13H,5-12H2,1-4H3,(H,20,21). The maximum Gasteiger partial charge on any atom is 0.336 e. The number of aromatic carboxylic acids is 1. The predicted molar refractivity (Wildman–Crippen MR) is 92.9 cm³/mol. The number of carboxylic acid groups (broad SMARTS) is 1. The van der Waals surface area contributed by atoms with Gasteiger partial charge in [0.15, 0.2) is 0 Å². The second-order valence-corrected chi connectivity index (χ2v) is 5.91. The van der Waals surface area contributed by atoms with E-state index in [1.807, 2.05) is 6.07 Å². The molecule has 0 unspecified atom stereocenters. The topological polar surface area (TPSA) is 55.8 Å². The third-order valence-electron chi connectivity index (χ3n) is 3.98. The molecule has 0 aliphatic heterocycles. The van der Waals surface area contributed by atoms with Gasteiger partial charge in [-0.25, -0.2) is 4.79 Å². The van der Waals surface area contributed by atoms with Crippen molar-refractivity contribution in [2.24, 2.45) is 0 Å². The number of rotatable bonds is 11. The van der Waals surface area contributed by atoms with Gasteiger partial charge in [-0.15, -0.1) is 0 Å². The van der Waals surface area contributed by atoms with Crippen molar-refractivity contribution in [2.45, 2.75) is 66.2 Å². The molecule has 0 heterocycles. The molecule has 0 bridgehead atoms. The van der Waals surface area contributed by atoms with Crippen LogP contribution in [0.15, 0.2) is 6.07 Å². The van der Waals surface area contributed by atoms with Gasteiger partial charge in [-0.3, -0.25) is 0 Å². The molecule has 0 saturated carbocycles. The van der Waals surface area contributed by atoms with Crippen LogP contribution in [0.3, 0.4) is 0 Å². The number of hydrogen-bond donors (Lipinski definition) is 1. The number of carboxylic acids is 1. The maximum atomic E-state index is 11.6. The third kappa shape index (κ3) is 5.77. The van der Waals surface area contributed by atoms with Gasteiger partial charge in [-0.1, -0.05) is 39.5 Å². The summed E-state index contributed by atoms with van der Waals surface area (Å²) in [4.78, 5) is 11.6. The van der Waals surface area contributed by atoms with E-state index in [9.17, 15) is 9.90 Å². The van der Waals surface area contributed by atoms with Gasteiger partial charge in [0, 0.05) is 17.2 Å². The Kier molecular flexibility index (Phi) is 8.52. The Morgan fingerprint density at radius 1 is 0.913 bits per heavy atom. The van der Waals surface area contributed by atoms with Crippen molar-refractivity contribution >= 4 is 5.97 Å². The lowest BCUT2D eigenvalue weighted by atomic mass is 10.0. The minimum atomic E-state index is -0.933. The van der Waals surface area contributed by atoms with Gasteiger partial charge in [0.1, 0.15) is 11.5 Å². The smallest absolute Gasteiger partial charge is 0.336 e. The summed E-state index contributed by atoms with van der Waals surface area (Å²) in [5.41, 5.74) is 1.64. The lowest BCUT2D eigenvalue weighted by Crippen LogP contribution is -2.09. The highest BCUT2D eigenvalue weighted by atomic mass is 16.5. The van der Waals surface area contributed by atoms with Crippen molar-refractivity contribution in [3.05, 3.63) is 22.8 Å². The molecule has 1 aromatic carbocycles. The van der Waals surface area contributed by atoms with Crippen LogP contribution in [-0.2, 0) is 0 Å². The second kappa shape index (κ2) is 10.1. The van der Waals surface area contributed by atoms with Crippen molar-refractivity contribution < 1.29 is 19.4 Å². The van der Waals surface area contributed by atoms with E-state index in [1.54, 1.807) is 13.8 Å². The number of benzene rings is 1. The van der Waals surface area contributed by atoms with Crippen LogP contribution < -0.4 is 9.47 Å². The van der Waals surface area contributed by atoms with Crippen LogP contribution in [0.2, 0.25) is 0 Å². The Morgan fingerprint density at radius 3 is 1.70 bits per heavy atom. The molecule has 1 aromatic rings. The zero-order chi connectivity index (χ0) is 17.2. The van der Waals surface area contributed by atoms with Gasteiger partial charge < -0.3 is 14.6 Å². The van der Waals surface area contributed by atoms with E-state index in [4.69, 9.17) is 9.47 Å². The van der Waals surface area contributed by atoms with Gasteiger partial charge >= 0.3 is 5.97 Å². The van der Waals surface area contributed by atoms with Gasteiger partial charge in [0.05, 0.1) is 18.8 Å². The minimum absolute atomic E-state index is 0.295. The van der Waals surface area contributed by atoms with E-state index < -0.39 is 5.97 Å². The normalized spacial score (nSPS) is 10.6. The molecule has 0 radical (unpaired) electrons. The minimum Gasteiger partial charge on any atom is -0.493 e. The molecule has 23 heavy (non-hydrogen) atoms.